The first-order valence-electron chi connectivity index (χ1n) is 4.16. The van der Waals surface area contributed by atoms with E-state index in [-0.39, 0.29) is 5.56 Å². The van der Waals surface area contributed by atoms with Crippen LogP contribution in [-0.2, 0) is 0 Å². The highest BCUT2D eigenvalue weighted by molar-refractivity contribution is 6.58. The largest absolute Gasteiger partial charge is 0.488 e. The van der Waals surface area contributed by atoms with Crippen molar-refractivity contribution in [1.82, 2.24) is 4.98 Å². The molecule has 1 aromatic carbocycles. The molecule has 2 aromatic rings. The lowest BCUT2D eigenvalue weighted by Gasteiger charge is -2.00. The minimum absolute atomic E-state index is 0.231. The van der Waals surface area contributed by atoms with E-state index in [1.807, 2.05) is 0 Å². The van der Waals surface area contributed by atoms with Crippen LogP contribution in [0.4, 0.5) is 0 Å². The molecule has 0 bridgehead atoms. The topological polar surface area (TPSA) is 73.3 Å². The molecule has 4 nitrogen and oxygen atoms in total. The average Bonchev–Trinajstić information content (AvgIpc) is 2.18. The molecule has 2 rings (SSSR count). The molecule has 0 atom stereocenters. The number of pyridine rings is 1. The summed E-state index contributed by atoms with van der Waals surface area (Å²) < 4.78 is 0. The quantitative estimate of drug-likeness (QED) is 0.514. The van der Waals surface area contributed by atoms with Gasteiger partial charge in [0.2, 0.25) is 0 Å². The summed E-state index contributed by atoms with van der Waals surface area (Å²) >= 11 is 0. The van der Waals surface area contributed by atoms with E-state index in [1.54, 1.807) is 24.4 Å². The van der Waals surface area contributed by atoms with Crippen molar-refractivity contribution in [2.45, 2.75) is 0 Å². The number of aromatic nitrogens is 1. The molecule has 70 valence electrons. The lowest BCUT2D eigenvalue weighted by atomic mass is 9.79. The summed E-state index contributed by atoms with van der Waals surface area (Å²) in [6.07, 6.45) is 1.56. The van der Waals surface area contributed by atoms with Gasteiger partial charge in [0.05, 0.1) is 0 Å². The Morgan fingerprint density at radius 3 is 2.71 bits per heavy atom. The maximum absolute atomic E-state index is 11.3. The van der Waals surface area contributed by atoms with E-state index in [2.05, 4.69) is 4.98 Å². The van der Waals surface area contributed by atoms with E-state index in [1.165, 1.54) is 6.07 Å². The standard InChI is InChI=1S/C9H8BNO3/c12-9-8-5-7(10(13)14)2-1-6(8)3-4-11-9/h1-5,13-14H,(H,11,12). The first-order chi connectivity index (χ1) is 6.68. The van der Waals surface area contributed by atoms with E-state index in [0.717, 1.165) is 5.39 Å². The van der Waals surface area contributed by atoms with Gasteiger partial charge in [-0.2, -0.15) is 0 Å². The van der Waals surface area contributed by atoms with Gasteiger partial charge in [-0.1, -0.05) is 12.1 Å². The Morgan fingerprint density at radius 2 is 2.00 bits per heavy atom. The van der Waals surface area contributed by atoms with Crippen LogP contribution in [-0.4, -0.2) is 22.2 Å². The third kappa shape index (κ3) is 1.43. The molecule has 0 spiro atoms. The highest BCUT2D eigenvalue weighted by atomic mass is 16.4. The van der Waals surface area contributed by atoms with Crippen molar-refractivity contribution in [1.29, 1.82) is 0 Å². The first kappa shape index (κ1) is 8.99. The molecule has 0 amide bonds. The highest BCUT2D eigenvalue weighted by Gasteiger charge is 2.11. The van der Waals surface area contributed by atoms with Gasteiger partial charge in [0, 0.05) is 11.6 Å². The molecular weight excluding hydrogens is 181 g/mol. The Kier molecular flexibility index (Phi) is 2.11. The summed E-state index contributed by atoms with van der Waals surface area (Å²) in [7, 11) is -1.54. The van der Waals surface area contributed by atoms with Crippen molar-refractivity contribution >= 4 is 23.4 Å². The number of aromatic amines is 1. The van der Waals surface area contributed by atoms with Crippen molar-refractivity contribution in [3.05, 3.63) is 40.8 Å². The van der Waals surface area contributed by atoms with E-state index in [9.17, 15) is 4.79 Å². The molecule has 0 saturated heterocycles. The van der Waals surface area contributed by atoms with Crippen LogP contribution in [0.5, 0.6) is 0 Å². The van der Waals surface area contributed by atoms with Crippen LogP contribution in [0, 0.1) is 0 Å². The van der Waals surface area contributed by atoms with E-state index in [0.29, 0.717) is 10.8 Å². The van der Waals surface area contributed by atoms with Gasteiger partial charge in [0.1, 0.15) is 0 Å². The molecule has 0 unspecified atom stereocenters. The second-order valence-corrected chi connectivity index (χ2v) is 3.03. The van der Waals surface area contributed by atoms with Crippen LogP contribution >= 0.6 is 0 Å². The number of H-pyrrole nitrogens is 1. The second-order valence-electron chi connectivity index (χ2n) is 3.03. The van der Waals surface area contributed by atoms with Crippen molar-refractivity contribution in [2.24, 2.45) is 0 Å². The summed E-state index contributed by atoms with van der Waals surface area (Å²) in [6, 6.07) is 6.48. The summed E-state index contributed by atoms with van der Waals surface area (Å²) in [5.74, 6) is 0. The predicted octanol–water partition coefficient (Wildman–Crippen LogP) is -0.792. The molecule has 0 saturated carbocycles. The molecule has 14 heavy (non-hydrogen) atoms. The van der Waals surface area contributed by atoms with Gasteiger partial charge < -0.3 is 15.0 Å². The molecule has 5 heteroatoms. The summed E-state index contributed by atoms with van der Waals surface area (Å²) in [4.78, 5) is 13.9. The average molecular weight is 189 g/mol. The van der Waals surface area contributed by atoms with Gasteiger partial charge in [0.25, 0.3) is 5.56 Å². The zero-order valence-corrected chi connectivity index (χ0v) is 7.27. The third-order valence-electron chi connectivity index (χ3n) is 2.10. The van der Waals surface area contributed by atoms with E-state index >= 15 is 0 Å². The number of hydrogen-bond acceptors (Lipinski definition) is 3. The Balaban J connectivity index is 2.76. The van der Waals surface area contributed by atoms with Crippen LogP contribution in [0.2, 0.25) is 0 Å². The minimum atomic E-state index is -1.54. The zero-order chi connectivity index (χ0) is 10.1. The van der Waals surface area contributed by atoms with Gasteiger partial charge >= 0.3 is 7.12 Å². The number of hydrogen-bond donors (Lipinski definition) is 3. The lowest BCUT2D eigenvalue weighted by Crippen LogP contribution is -2.30. The third-order valence-corrected chi connectivity index (χ3v) is 2.10. The summed E-state index contributed by atoms with van der Waals surface area (Å²) in [6.45, 7) is 0. The smallest absolute Gasteiger partial charge is 0.423 e. The molecule has 3 N–H and O–H groups in total. The maximum Gasteiger partial charge on any atom is 0.488 e. The van der Waals surface area contributed by atoms with Crippen molar-refractivity contribution in [3.63, 3.8) is 0 Å². The zero-order valence-electron chi connectivity index (χ0n) is 7.27. The number of benzene rings is 1. The Bertz CT molecular complexity index is 521. The van der Waals surface area contributed by atoms with Crippen LogP contribution in [0.1, 0.15) is 0 Å². The van der Waals surface area contributed by atoms with Crippen LogP contribution < -0.4 is 11.0 Å². The lowest BCUT2D eigenvalue weighted by molar-refractivity contribution is 0.426. The Morgan fingerprint density at radius 1 is 1.21 bits per heavy atom. The summed E-state index contributed by atoms with van der Waals surface area (Å²) in [5, 5.41) is 19.1. The molecule has 1 heterocycles. The molecule has 0 aliphatic carbocycles. The van der Waals surface area contributed by atoms with Crippen molar-refractivity contribution in [2.75, 3.05) is 0 Å². The number of fused-ring (bicyclic) bond motifs is 1. The van der Waals surface area contributed by atoms with Crippen LogP contribution in [0.25, 0.3) is 10.8 Å². The highest BCUT2D eigenvalue weighted by Crippen LogP contribution is 2.05. The SMILES string of the molecule is O=c1[nH]ccc2ccc(B(O)O)cc12. The van der Waals surface area contributed by atoms with Crippen molar-refractivity contribution in [3.8, 4) is 0 Å². The Labute approximate surface area is 80.0 Å². The fourth-order valence-electron chi connectivity index (χ4n) is 1.36. The van der Waals surface area contributed by atoms with E-state index in [4.69, 9.17) is 10.0 Å². The van der Waals surface area contributed by atoms with Crippen LogP contribution in [0.3, 0.4) is 0 Å². The van der Waals surface area contributed by atoms with Crippen molar-refractivity contribution < 1.29 is 10.0 Å². The number of nitrogens with one attached hydrogen (secondary N) is 1. The second kappa shape index (κ2) is 3.28. The Hall–Kier alpha value is -1.59. The van der Waals surface area contributed by atoms with Crippen LogP contribution in [0.15, 0.2) is 35.3 Å². The van der Waals surface area contributed by atoms with Gasteiger partial charge in [-0.3, -0.25) is 4.79 Å². The normalized spacial score (nSPS) is 10.4. The molecule has 0 fully saturated rings. The fraction of sp³-hybridized carbons (Fsp3) is 0. The molecule has 0 radical (unpaired) electrons. The van der Waals surface area contributed by atoms with Gasteiger partial charge in [0.15, 0.2) is 0 Å². The van der Waals surface area contributed by atoms with Gasteiger partial charge in [-0.15, -0.1) is 0 Å². The molecule has 0 aliphatic rings. The predicted molar refractivity (Wildman–Crippen MR) is 54.4 cm³/mol. The summed E-state index contributed by atoms with van der Waals surface area (Å²) in [5.41, 5.74) is 0.0826. The first-order valence-corrected chi connectivity index (χ1v) is 4.16. The van der Waals surface area contributed by atoms with Gasteiger partial charge in [-0.25, -0.2) is 0 Å². The maximum atomic E-state index is 11.3. The molecule has 1 aromatic heterocycles. The minimum Gasteiger partial charge on any atom is -0.423 e. The van der Waals surface area contributed by atoms with Gasteiger partial charge in [-0.05, 0) is 23.0 Å². The number of rotatable bonds is 1. The van der Waals surface area contributed by atoms with E-state index < -0.39 is 7.12 Å². The fourth-order valence-corrected chi connectivity index (χ4v) is 1.36. The molecular formula is C9H8BNO3. The monoisotopic (exact) mass is 189 g/mol. The molecule has 0 aliphatic heterocycles.